The highest BCUT2D eigenvalue weighted by molar-refractivity contribution is 5.83. The van der Waals surface area contributed by atoms with Crippen molar-refractivity contribution in [2.75, 3.05) is 26.7 Å². The monoisotopic (exact) mass is 267 g/mol. The summed E-state index contributed by atoms with van der Waals surface area (Å²) >= 11 is 0. The number of likely N-dealkylation sites (tertiary alicyclic amines) is 1. The van der Waals surface area contributed by atoms with E-state index < -0.39 is 0 Å². The first-order valence-corrected chi connectivity index (χ1v) is 7.74. The molecule has 1 aliphatic heterocycles. The molecule has 0 radical (unpaired) electrons. The third-order valence-corrected chi connectivity index (χ3v) is 5.39. The molecule has 2 atom stereocenters. The van der Waals surface area contributed by atoms with E-state index in [0.29, 0.717) is 6.04 Å². The molecule has 1 saturated heterocycles. The van der Waals surface area contributed by atoms with E-state index in [1.807, 2.05) is 11.9 Å². The van der Waals surface area contributed by atoms with Gasteiger partial charge in [0.25, 0.3) is 0 Å². The van der Waals surface area contributed by atoms with E-state index in [2.05, 4.69) is 18.7 Å². The third kappa shape index (κ3) is 2.79. The van der Waals surface area contributed by atoms with Crippen LogP contribution in [-0.4, -0.2) is 54.5 Å². The largest absolute Gasteiger partial charge is 0.342 e. The molecule has 2 N–H and O–H groups in total. The van der Waals surface area contributed by atoms with E-state index in [-0.39, 0.29) is 17.4 Å². The van der Waals surface area contributed by atoms with Crippen LogP contribution in [0.4, 0.5) is 0 Å². The van der Waals surface area contributed by atoms with Gasteiger partial charge in [-0.25, -0.2) is 0 Å². The number of rotatable bonds is 3. The Morgan fingerprint density at radius 1 is 1.37 bits per heavy atom. The van der Waals surface area contributed by atoms with Crippen molar-refractivity contribution >= 4 is 5.91 Å². The molecule has 1 saturated carbocycles. The van der Waals surface area contributed by atoms with Gasteiger partial charge >= 0.3 is 0 Å². The van der Waals surface area contributed by atoms with Crippen molar-refractivity contribution in [2.45, 2.75) is 58.0 Å². The summed E-state index contributed by atoms with van der Waals surface area (Å²) in [5.74, 6) is 0.271. The van der Waals surface area contributed by atoms with E-state index in [9.17, 15) is 4.79 Å². The maximum Gasteiger partial charge on any atom is 0.230 e. The molecular formula is C15H29N3O. The van der Waals surface area contributed by atoms with Gasteiger partial charge in [-0.3, -0.25) is 4.79 Å². The average molecular weight is 267 g/mol. The predicted molar refractivity (Wildman–Crippen MR) is 77.8 cm³/mol. The van der Waals surface area contributed by atoms with Crippen LogP contribution in [-0.2, 0) is 4.79 Å². The van der Waals surface area contributed by atoms with Crippen LogP contribution in [0, 0.1) is 5.41 Å². The van der Waals surface area contributed by atoms with Crippen molar-refractivity contribution in [3.05, 3.63) is 0 Å². The molecule has 4 heteroatoms. The lowest BCUT2D eigenvalue weighted by atomic mass is 9.83. The van der Waals surface area contributed by atoms with Crippen molar-refractivity contribution in [3.8, 4) is 0 Å². The van der Waals surface area contributed by atoms with Crippen molar-refractivity contribution in [3.63, 3.8) is 0 Å². The molecule has 0 aromatic rings. The van der Waals surface area contributed by atoms with Crippen LogP contribution in [0.25, 0.3) is 0 Å². The van der Waals surface area contributed by atoms with Crippen LogP contribution in [0.5, 0.6) is 0 Å². The van der Waals surface area contributed by atoms with Gasteiger partial charge in [0.1, 0.15) is 0 Å². The molecule has 2 unspecified atom stereocenters. The highest BCUT2D eigenvalue weighted by atomic mass is 16.2. The second-order valence-corrected chi connectivity index (χ2v) is 6.50. The molecule has 1 heterocycles. The molecule has 1 amide bonds. The minimum atomic E-state index is -0.323. The first-order valence-electron chi connectivity index (χ1n) is 7.74. The average Bonchev–Trinajstić information content (AvgIpc) is 2.78. The van der Waals surface area contributed by atoms with Gasteiger partial charge in [0.05, 0.1) is 5.41 Å². The van der Waals surface area contributed by atoms with Gasteiger partial charge in [0.15, 0.2) is 0 Å². The number of carbonyl (C=O) groups is 1. The fourth-order valence-corrected chi connectivity index (χ4v) is 3.65. The number of amides is 1. The molecule has 0 aromatic heterocycles. The molecule has 19 heavy (non-hydrogen) atoms. The van der Waals surface area contributed by atoms with Crippen molar-refractivity contribution in [1.29, 1.82) is 0 Å². The molecule has 110 valence electrons. The topological polar surface area (TPSA) is 49.6 Å². The Hall–Kier alpha value is -0.610. The van der Waals surface area contributed by atoms with E-state index in [1.165, 1.54) is 0 Å². The van der Waals surface area contributed by atoms with E-state index >= 15 is 0 Å². The zero-order chi connectivity index (χ0) is 14.0. The normalized spacial score (nSPS) is 33.6. The second kappa shape index (κ2) is 5.80. The summed E-state index contributed by atoms with van der Waals surface area (Å²) in [6.45, 7) is 7.61. The Balaban J connectivity index is 1.96. The van der Waals surface area contributed by atoms with Crippen molar-refractivity contribution in [2.24, 2.45) is 11.1 Å². The maximum absolute atomic E-state index is 12.8. The Morgan fingerprint density at radius 3 is 2.47 bits per heavy atom. The van der Waals surface area contributed by atoms with Gasteiger partial charge in [-0.15, -0.1) is 0 Å². The number of nitrogens with two attached hydrogens (primary N) is 1. The highest BCUT2D eigenvalue weighted by Crippen LogP contribution is 2.39. The quantitative estimate of drug-likeness (QED) is 0.842. The second-order valence-electron chi connectivity index (χ2n) is 6.50. The van der Waals surface area contributed by atoms with Crippen LogP contribution < -0.4 is 5.73 Å². The Morgan fingerprint density at radius 2 is 2.00 bits per heavy atom. The number of nitrogens with zero attached hydrogens (tertiary/aromatic N) is 2. The lowest BCUT2D eigenvalue weighted by Crippen LogP contribution is -2.53. The maximum atomic E-state index is 12.8. The zero-order valence-electron chi connectivity index (χ0n) is 12.7. The molecule has 1 aliphatic carbocycles. The minimum Gasteiger partial charge on any atom is -0.342 e. The van der Waals surface area contributed by atoms with Gasteiger partial charge in [-0.1, -0.05) is 13.3 Å². The Kier molecular flexibility index (Phi) is 4.51. The predicted octanol–water partition coefficient (Wildman–Crippen LogP) is 1.45. The van der Waals surface area contributed by atoms with Gasteiger partial charge in [-0.2, -0.15) is 0 Å². The van der Waals surface area contributed by atoms with Crippen LogP contribution in [0.15, 0.2) is 0 Å². The standard InChI is InChI=1S/C15H29N3O/c1-4-18-10-7-12(8-11-18)17(3)14(19)15(2)9-5-6-13(15)16/h12-13H,4-11,16H2,1-3H3. The molecule has 4 nitrogen and oxygen atoms in total. The SMILES string of the molecule is CCN1CCC(N(C)C(=O)C2(C)CCCC2N)CC1. The van der Waals surface area contributed by atoms with Gasteiger partial charge in [0, 0.05) is 32.2 Å². The molecule has 2 aliphatic rings. The summed E-state index contributed by atoms with van der Waals surface area (Å²) in [5, 5.41) is 0. The lowest BCUT2D eigenvalue weighted by molar-refractivity contribution is -0.143. The minimum absolute atomic E-state index is 0.0400. The Bertz CT molecular complexity index is 325. The Labute approximate surface area is 117 Å². The van der Waals surface area contributed by atoms with Gasteiger partial charge in [0.2, 0.25) is 5.91 Å². The number of carbonyl (C=O) groups excluding carboxylic acids is 1. The van der Waals surface area contributed by atoms with E-state index in [1.54, 1.807) is 0 Å². The molecular weight excluding hydrogens is 238 g/mol. The third-order valence-electron chi connectivity index (χ3n) is 5.39. The van der Waals surface area contributed by atoms with Crippen LogP contribution in [0.1, 0.15) is 46.0 Å². The summed E-state index contributed by atoms with van der Waals surface area (Å²) in [4.78, 5) is 17.2. The van der Waals surface area contributed by atoms with Gasteiger partial charge in [-0.05, 0) is 39.2 Å². The molecule has 0 bridgehead atoms. The first kappa shape index (κ1) is 14.8. The summed E-state index contributed by atoms with van der Waals surface area (Å²) in [6, 6.07) is 0.443. The van der Waals surface area contributed by atoms with Crippen LogP contribution in [0.2, 0.25) is 0 Å². The van der Waals surface area contributed by atoms with E-state index in [0.717, 1.165) is 51.7 Å². The molecule has 2 rings (SSSR count). The zero-order valence-corrected chi connectivity index (χ0v) is 12.7. The summed E-state index contributed by atoms with van der Waals surface area (Å²) in [6.07, 6.45) is 5.23. The van der Waals surface area contributed by atoms with Gasteiger partial charge < -0.3 is 15.5 Å². The fourth-order valence-electron chi connectivity index (χ4n) is 3.65. The molecule has 0 aromatic carbocycles. The van der Waals surface area contributed by atoms with Crippen LogP contribution in [0.3, 0.4) is 0 Å². The summed E-state index contributed by atoms with van der Waals surface area (Å²) < 4.78 is 0. The highest BCUT2D eigenvalue weighted by Gasteiger charge is 2.45. The summed E-state index contributed by atoms with van der Waals surface area (Å²) in [7, 11) is 1.98. The van der Waals surface area contributed by atoms with Crippen LogP contribution >= 0.6 is 0 Å². The molecule has 0 spiro atoms. The summed E-state index contributed by atoms with van der Waals surface area (Å²) in [5.41, 5.74) is 5.85. The van der Waals surface area contributed by atoms with Crippen molar-refractivity contribution < 1.29 is 4.79 Å². The number of hydrogen-bond donors (Lipinski definition) is 1. The van der Waals surface area contributed by atoms with E-state index in [4.69, 9.17) is 5.73 Å². The molecule has 2 fully saturated rings. The number of hydrogen-bond acceptors (Lipinski definition) is 3. The van der Waals surface area contributed by atoms with Crippen molar-refractivity contribution in [1.82, 2.24) is 9.80 Å². The first-order chi connectivity index (χ1) is 8.99. The number of piperidine rings is 1. The fraction of sp³-hybridized carbons (Fsp3) is 0.933. The lowest BCUT2D eigenvalue weighted by Gasteiger charge is -2.40. The smallest absolute Gasteiger partial charge is 0.230 e.